The van der Waals surface area contributed by atoms with E-state index >= 15 is 0 Å². The van der Waals surface area contributed by atoms with Gasteiger partial charge in [0.05, 0.1) is 6.54 Å². The number of aryl methyl sites for hydroxylation is 2. The predicted octanol–water partition coefficient (Wildman–Crippen LogP) is 4.24. The second-order valence-corrected chi connectivity index (χ2v) is 5.19. The molecular weight excluding hydrogens is 274 g/mol. The summed E-state index contributed by atoms with van der Waals surface area (Å²) in [7, 11) is 0. The maximum atomic E-state index is 6.14. The molecule has 1 aromatic carbocycles. The number of benzene rings is 1. The lowest BCUT2D eigenvalue weighted by Crippen LogP contribution is -2.10. The summed E-state index contributed by atoms with van der Waals surface area (Å²) in [6.45, 7) is 8.11. The third kappa shape index (κ3) is 3.78. The number of ether oxygens (including phenoxy) is 1. The molecule has 108 valence electrons. The molecule has 0 aliphatic carbocycles. The predicted molar refractivity (Wildman–Crippen MR) is 81.3 cm³/mol. The van der Waals surface area contributed by atoms with Gasteiger partial charge in [-0.2, -0.15) is 0 Å². The number of hydrogen-bond donors (Lipinski definition) is 1. The summed E-state index contributed by atoms with van der Waals surface area (Å²) in [6, 6.07) is 7.80. The number of halogens is 1. The molecule has 0 saturated carbocycles. The minimum Gasteiger partial charge on any atom is -0.486 e. The highest BCUT2D eigenvalue weighted by Crippen LogP contribution is 2.26. The van der Waals surface area contributed by atoms with E-state index in [1.165, 1.54) is 0 Å². The fourth-order valence-corrected chi connectivity index (χ4v) is 2.10. The molecule has 0 spiro atoms. The molecule has 20 heavy (non-hydrogen) atoms. The topological polar surface area (TPSA) is 34.4 Å². The van der Waals surface area contributed by atoms with E-state index in [0.717, 1.165) is 46.5 Å². The van der Waals surface area contributed by atoms with Crippen LogP contribution < -0.4 is 10.1 Å². The average molecular weight is 294 g/mol. The molecule has 0 bridgehead atoms. The SMILES string of the molecule is CCNCc1ccc(COc2cc(C)c(Cl)c(C)c2)o1. The molecule has 3 nitrogen and oxygen atoms in total. The molecule has 0 unspecified atom stereocenters. The van der Waals surface area contributed by atoms with Crippen LogP contribution in [0.15, 0.2) is 28.7 Å². The maximum absolute atomic E-state index is 6.14. The van der Waals surface area contributed by atoms with E-state index in [1.807, 2.05) is 38.1 Å². The zero-order chi connectivity index (χ0) is 14.5. The first-order valence-electron chi connectivity index (χ1n) is 6.78. The largest absolute Gasteiger partial charge is 0.486 e. The van der Waals surface area contributed by atoms with Gasteiger partial charge in [-0.15, -0.1) is 0 Å². The van der Waals surface area contributed by atoms with Crippen molar-refractivity contribution < 1.29 is 9.15 Å². The van der Waals surface area contributed by atoms with Crippen LogP contribution in [0.4, 0.5) is 0 Å². The Morgan fingerprint density at radius 2 is 1.80 bits per heavy atom. The van der Waals surface area contributed by atoms with Crippen LogP contribution >= 0.6 is 11.6 Å². The first-order valence-corrected chi connectivity index (χ1v) is 7.15. The standard InChI is InChI=1S/C16H20ClNO2/c1-4-18-9-13-5-6-14(20-13)10-19-15-7-11(2)16(17)12(3)8-15/h5-8,18H,4,9-10H2,1-3H3. The number of nitrogens with one attached hydrogen (secondary N) is 1. The summed E-state index contributed by atoms with van der Waals surface area (Å²) in [4.78, 5) is 0. The normalized spacial score (nSPS) is 10.8. The van der Waals surface area contributed by atoms with Crippen molar-refractivity contribution in [2.75, 3.05) is 6.54 Å². The monoisotopic (exact) mass is 293 g/mol. The lowest BCUT2D eigenvalue weighted by Gasteiger charge is -2.08. The number of furan rings is 1. The summed E-state index contributed by atoms with van der Waals surface area (Å²) in [6.07, 6.45) is 0. The van der Waals surface area contributed by atoms with Gasteiger partial charge in [-0.1, -0.05) is 18.5 Å². The van der Waals surface area contributed by atoms with Gasteiger partial charge in [-0.25, -0.2) is 0 Å². The minimum atomic E-state index is 0.423. The highest BCUT2D eigenvalue weighted by Gasteiger charge is 2.06. The Labute approximate surface area is 124 Å². The van der Waals surface area contributed by atoms with Crippen molar-refractivity contribution in [3.8, 4) is 5.75 Å². The first-order chi connectivity index (χ1) is 9.60. The van der Waals surface area contributed by atoms with Gasteiger partial charge in [0.15, 0.2) is 0 Å². The van der Waals surface area contributed by atoms with Gasteiger partial charge in [0.2, 0.25) is 0 Å². The Morgan fingerprint density at radius 3 is 2.45 bits per heavy atom. The van der Waals surface area contributed by atoms with Crippen LogP contribution in [0, 0.1) is 13.8 Å². The van der Waals surface area contributed by atoms with Gasteiger partial charge in [0.1, 0.15) is 23.9 Å². The van der Waals surface area contributed by atoms with Crippen molar-refractivity contribution in [1.29, 1.82) is 0 Å². The molecule has 0 amide bonds. The van der Waals surface area contributed by atoms with Crippen molar-refractivity contribution in [1.82, 2.24) is 5.32 Å². The minimum absolute atomic E-state index is 0.423. The van der Waals surface area contributed by atoms with Crippen molar-refractivity contribution in [2.24, 2.45) is 0 Å². The molecule has 0 atom stereocenters. The molecule has 2 aromatic rings. The zero-order valence-corrected chi connectivity index (χ0v) is 12.9. The first kappa shape index (κ1) is 14.9. The average Bonchev–Trinajstić information content (AvgIpc) is 2.88. The maximum Gasteiger partial charge on any atom is 0.146 e. The van der Waals surface area contributed by atoms with Gasteiger partial charge in [-0.3, -0.25) is 0 Å². The fraction of sp³-hybridized carbons (Fsp3) is 0.375. The summed E-state index contributed by atoms with van der Waals surface area (Å²) in [5.41, 5.74) is 2.04. The van der Waals surface area contributed by atoms with Crippen LogP contribution in [-0.2, 0) is 13.2 Å². The van der Waals surface area contributed by atoms with Crippen LogP contribution in [0.5, 0.6) is 5.75 Å². The van der Waals surface area contributed by atoms with E-state index in [9.17, 15) is 0 Å². The molecule has 0 aliphatic rings. The van der Waals surface area contributed by atoms with Crippen LogP contribution in [0.25, 0.3) is 0 Å². The lowest BCUT2D eigenvalue weighted by atomic mass is 10.1. The molecule has 2 rings (SSSR count). The molecule has 4 heteroatoms. The zero-order valence-electron chi connectivity index (χ0n) is 12.1. The molecule has 1 aromatic heterocycles. The number of rotatable bonds is 6. The van der Waals surface area contributed by atoms with E-state index < -0.39 is 0 Å². The Balaban J connectivity index is 1.96. The van der Waals surface area contributed by atoms with E-state index in [2.05, 4.69) is 12.2 Å². The summed E-state index contributed by atoms with van der Waals surface area (Å²) < 4.78 is 11.4. The quantitative estimate of drug-likeness (QED) is 0.865. The van der Waals surface area contributed by atoms with Crippen molar-refractivity contribution in [3.05, 3.63) is 51.9 Å². The smallest absolute Gasteiger partial charge is 0.146 e. The van der Waals surface area contributed by atoms with Crippen molar-refractivity contribution in [3.63, 3.8) is 0 Å². The highest BCUT2D eigenvalue weighted by molar-refractivity contribution is 6.32. The Kier molecular flexibility index (Phi) is 5.10. The third-order valence-electron chi connectivity index (χ3n) is 3.06. The van der Waals surface area contributed by atoms with Crippen molar-refractivity contribution >= 4 is 11.6 Å². The van der Waals surface area contributed by atoms with Crippen LogP contribution in [-0.4, -0.2) is 6.54 Å². The molecular formula is C16H20ClNO2. The Morgan fingerprint density at radius 1 is 1.15 bits per heavy atom. The third-order valence-corrected chi connectivity index (χ3v) is 3.65. The van der Waals surface area contributed by atoms with E-state index in [0.29, 0.717) is 6.61 Å². The molecule has 0 saturated heterocycles. The number of hydrogen-bond acceptors (Lipinski definition) is 3. The molecule has 1 N–H and O–H groups in total. The van der Waals surface area contributed by atoms with E-state index in [4.69, 9.17) is 20.8 Å². The van der Waals surface area contributed by atoms with Gasteiger partial charge >= 0.3 is 0 Å². The van der Waals surface area contributed by atoms with Crippen molar-refractivity contribution in [2.45, 2.75) is 33.9 Å². The van der Waals surface area contributed by atoms with E-state index in [-0.39, 0.29) is 0 Å². The van der Waals surface area contributed by atoms with Crippen LogP contribution in [0.2, 0.25) is 5.02 Å². The highest BCUT2D eigenvalue weighted by atomic mass is 35.5. The molecule has 1 heterocycles. The second-order valence-electron chi connectivity index (χ2n) is 4.81. The van der Waals surface area contributed by atoms with Crippen LogP contribution in [0.3, 0.4) is 0 Å². The Hall–Kier alpha value is -1.45. The van der Waals surface area contributed by atoms with E-state index in [1.54, 1.807) is 0 Å². The lowest BCUT2D eigenvalue weighted by molar-refractivity contribution is 0.265. The molecule has 0 radical (unpaired) electrons. The van der Waals surface area contributed by atoms with Gasteiger partial charge in [0.25, 0.3) is 0 Å². The van der Waals surface area contributed by atoms with Gasteiger partial charge in [-0.05, 0) is 55.8 Å². The summed E-state index contributed by atoms with van der Waals surface area (Å²) in [5.74, 6) is 2.56. The van der Waals surface area contributed by atoms with Gasteiger partial charge in [0, 0.05) is 5.02 Å². The second kappa shape index (κ2) is 6.82. The summed E-state index contributed by atoms with van der Waals surface area (Å²) in [5, 5.41) is 4.02. The fourth-order valence-electron chi connectivity index (χ4n) is 1.99. The van der Waals surface area contributed by atoms with Gasteiger partial charge < -0.3 is 14.5 Å². The molecule has 0 aliphatic heterocycles. The Bertz CT molecular complexity index is 555. The summed E-state index contributed by atoms with van der Waals surface area (Å²) >= 11 is 6.14. The van der Waals surface area contributed by atoms with Crippen LogP contribution in [0.1, 0.15) is 29.6 Å². The molecule has 0 fully saturated rings.